The maximum atomic E-state index is 5.23. The van der Waals surface area contributed by atoms with Crippen LogP contribution in [0.4, 0.5) is 0 Å². The summed E-state index contributed by atoms with van der Waals surface area (Å²) in [5, 5.41) is 3.51. The van der Waals surface area contributed by atoms with E-state index in [0.29, 0.717) is 23.6 Å². The van der Waals surface area contributed by atoms with Crippen LogP contribution in [-0.2, 0) is 6.42 Å². The first-order chi connectivity index (χ1) is 4.33. The lowest BCUT2D eigenvalue weighted by atomic mass is 10.4. The zero-order valence-electron chi connectivity index (χ0n) is 4.67. The molecule has 0 saturated carbocycles. The average Bonchev–Trinajstić information content (AvgIpc) is 2.17. The second kappa shape index (κ2) is 2.93. The molecule has 0 bridgehead atoms. The molecule has 0 spiro atoms. The molecule has 5 heteroatoms. The van der Waals surface area contributed by atoms with E-state index in [0.717, 1.165) is 0 Å². The van der Waals surface area contributed by atoms with Gasteiger partial charge in [-0.25, -0.2) is 0 Å². The Bertz CT molecular complexity index is 188. The summed E-state index contributed by atoms with van der Waals surface area (Å²) >= 11 is 3.05. The van der Waals surface area contributed by atoms with Crippen molar-refractivity contribution < 1.29 is 4.52 Å². The fraction of sp³-hybridized carbons (Fsp3) is 0.500. The lowest BCUT2D eigenvalue weighted by molar-refractivity contribution is 0.376. The van der Waals surface area contributed by atoms with Crippen molar-refractivity contribution in [2.75, 3.05) is 6.54 Å². The first-order valence-corrected chi connectivity index (χ1v) is 3.30. The van der Waals surface area contributed by atoms with Gasteiger partial charge in [0.15, 0.2) is 0 Å². The van der Waals surface area contributed by atoms with Crippen molar-refractivity contribution in [3.8, 4) is 0 Å². The monoisotopic (exact) mass is 191 g/mol. The summed E-state index contributed by atoms with van der Waals surface area (Å²) in [6.07, 6.45) is 0.638. The first kappa shape index (κ1) is 6.70. The Kier molecular flexibility index (Phi) is 2.18. The number of nitrogens with two attached hydrogens (primary N) is 1. The molecule has 0 aliphatic heterocycles. The summed E-state index contributed by atoms with van der Waals surface area (Å²) in [5.41, 5.74) is 5.23. The summed E-state index contributed by atoms with van der Waals surface area (Å²) in [6.45, 7) is 0.536. The lowest BCUT2D eigenvalue weighted by Gasteiger charge is -1.82. The molecule has 0 fully saturated rings. The van der Waals surface area contributed by atoms with Crippen molar-refractivity contribution >= 4 is 15.9 Å². The lowest BCUT2D eigenvalue weighted by Crippen LogP contribution is -2.02. The topological polar surface area (TPSA) is 64.9 Å². The minimum Gasteiger partial charge on any atom is -0.338 e. The van der Waals surface area contributed by atoms with E-state index in [1.807, 2.05) is 0 Å². The Morgan fingerprint density at radius 2 is 2.44 bits per heavy atom. The molecule has 1 aromatic heterocycles. The fourth-order valence-electron chi connectivity index (χ4n) is 0.459. The minimum atomic E-state index is 0.478. The molecule has 0 aliphatic rings. The maximum absolute atomic E-state index is 5.23. The second-order valence-electron chi connectivity index (χ2n) is 1.50. The number of halogens is 1. The van der Waals surface area contributed by atoms with Gasteiger partial charge in [0, 0.05) is 13.0 Å². The van der Waals surface area contributed by atoms with E-state index >= 15 is 0 Å². The van der Waals surface area contributed by atoms with Gasteiger partial charge in [-0.05, 0) is 21.1 Å². The van der Waals surface area contributed by atoms with Crippen LogP contribution >= 0.6 is 15.9 Å². The summed E-state index contributed by atoms with van der Waals surface area (Å²) in [5.74, 6) is 0.573. The summed E-state index contributed by atoms with van der Waals surface area (Å²) < 4.78 is 5.19. The number of hydrogen-bond donors (Lipinski definition) is 1. The molecule has 1 heterocycles. The quantitative estimate of drug-likeness (QED) is 0.733. The Balaban J connectivity index is 2.61. The Morgan fingerprint density at radius 3 is 2.89 bits per heavy atom. The summed E-state index contributed by atoms with van der Waals surface area (Å²) in [4.78, 5) is 3.86. The summed E-state index contributed by atoms with van der Waals surface area (Å²) in [6, 6.07) is 0. The van der Waals surface area contributed by atoms with Crippen LogP contribution in [-0.4, -0.2) is 16.7 Å². The normalized spacial score (nSPS) is 10.0. The maximum Gasteiger partial charge on any atom is 0.238 e. The molecule has 0 unspecified atom stereocenters. The van der Waals surface area contributed by atoms with Gasteiger partial charge < -0.3 is 10.3 Å². The smallest absolute Gasteiger partial charge is 0.238 e. The standard InChI is InChI=1S/C4H6BrN3O/c5-4-7-3(1-2-6)9-8-4/h1-2,6H2. The van der Waals surface area contributed by atoms with Gasteiger partial charge in [-0.1, -0.05) is 0 Å². The van der Waals surface area contributed by atoms with Crippen LogP contribution in [0.5, 0.6) is 0 Å². The molecule has 1 aromatic rings. The molecule has 9 heavy (non-hydrogen) atoms. The van der Waals surface area contributed by atoms with Crippen molar-refractivity contribution in [1.29, 1.82) is 0 Å². The Hall–Kier alpha value is -0.420. The van der Waals surface area contributed by atoms with Crippen LogP contribution in [0.25, 0.3) is 0 Å². The van der Waals surface area contributed by atoms with E-state index in [4.69, 9.17) is 10.3 Å². The molecule has 1 rings (SSSR count). The highest BCUT2D eigenvalue weighted by Gasteiger charge is 1.99. The van der Waals surface area contributed by atoms with Gasteiger partial charge in [-0.3, -0.25) is 0 Å². The predicted octanol–water partition coefficient (Wildman–Crippen LogP) is 0.333. The molecule has 2 N–H and O–H groups in total. The third-order valence-corrected chi connectivity index (χ3v) is 1.12. The highest BCUT2D eigenvalue weighted by Crippen LogP contribution is 2.02. The molecule has 0 aromatic carbocycles. The SMILES string of the molecule is NCCc1nc(Br)no1. The van der Waals surface area contributed by atoms with Gasteiger partial charge >= 0.3 is 0 Å². The largest absolute Gasteiger partial charge is 0.338 e. The van der Waals surface area contributed by atoms with E-state index < -0.39 is 0 Å². The molecule has 0 aliphatic carbocycles. The fourth-order valence-corrected chi connectivity index (χ4v) is 0.729. The number of nitrogens with zero attached hydrogens (tertiary/aromatic N) is 2. The van der Waals surface area contributed by atoms with Gasteiger partial charge in [0.05, 0.1) is 0 Å². The van der Waals surface area contributed by atoms with Crippen molar-refractivity contribution in [2.24, 2.45) is 5.73 Å². The molecule has 0 atom stereocenters. The summed E-state index contributed by atoms with van der Waals surface area (Å²) in [7, 11) is 0. The molecule has 0 saturated heterocycles. The van der Waals surface area contributed by atoms with Crippen LogP contribution < -0.4 is 5.73 Å². The van der Waals surface area contributed by atoms with Crippen molar-refractivity contribution in [1.82, 2.24) is 10.1 Å². The highest BCUT2D eigenvalue weighted by atomic mass is 79.9. The molecule has 0 amide bonds. The van der Waals surface area contributed by atoms with Crippen LogP contribution in [0, 0.1) is 0 Å². The first-order valence-electron chi connectivity index (χ1n) is 2.51. The van der Waals surface area contributed by atoms with Crippen LogP contribution in [0.3, 0.4) is 0 Å². The van der Waals surface area contributed by atoms with Crippen molar-refractivity contribution in [3.63, 3.8) is 0 Å². The highest BCUT2D eigenvalue weighted by molar-refractivity contribution is 9.10. The van der Waals surface area contributed by atoms with Gasteiger partial charge in [-0.15, -0.1) is 0 Å². The molecular weight excluding hydrogens is 186 g/mol. The van der Waals surface area contributed by atoms with E-state index in [1.54, 1.807) is 0 Å². The van der Waals surface area contributed by atoms with Crippen LogP contribution in [0.1, 0.15) is 5.89 Å². The number of hydrogen-bond acceptors (Lipinski definition) is 4. The zero-order valence-corrected chi connectivity index (χ0v) is 6.26. The van der Waals surface area contributed by atoms with Gasteiger partial charge in [0.1, 0.15) is 0 Å². The van der Waals surface area contributed by atoms with Gasteiger partial charge in [0.25, 0.3) is 0 Å². The molecular formula is C4H6BrN3O. The predicted molar refractivity (Wildman–Crippen MR) is 34.8 cm³/mol. The molecule has 50 valence electrons. The van der Waals surface area contributed by atoms with Gasteiger partial charge in [-0.2, -0.15) is 4.98 Å². The van der Waals surface area contributed by atoms with E-state index in [1.165, 1.54) is 0 Å². The van der Waals surface area contributed by atoms with Crippen molar-refractivity contribution in [2.45, 2.75) is 6.42 Å². The second-order valence-corrected chi connectivity index (χ2v) is 2.21. The third kappa shape index (κ3) is 1.76. The van der Waals surface area contributed by atoms with E-state index in [-0.39, 0.29) is 0 Å². The van der Waals surface area contributed by atoms with Crippen molar-refractivity contribution in [3.05, 3.63) is 10.6 Å². The Labute approximate surface area is 60.6 Å². The van der Waals surface area contributed by atoms with Crippen LogP contribution in [0.15, 0.2) is 9.26 Å². The van der Waals surface area contributed by atoms with Crippen LogP contribution in [0.2, 0.25) is 0 Å². The van der Waals surface area contributed by atoms with Gasteiger partial charge in [0.2, 0.25) is 10.6 Å². The average molecular weight is 192 g/mol. The zero-order chi connectivity index (χ0) is 6.69. The third-order valence-electron chi connectivity index (χ3n) is 0.802. The minimum absolute atomic E-state index is 0.478. The number of aromatic nitrogens is 2. The number of rotatable bonds is 2. The Morgan fingerprint density at radius 1 is 1.67 bits per heavy atom. The van der Waals surface area contributed by atoms with E-state index in [9.17, 15) is 0 Å². The van der Waals surface area contributed by atoms with E-state index in [2.05, 4.69) is 26.1 Å². The molecule has 4 nitrogen and oxygen atoms in total. The molecule has 0 radical (unpaired) electrons.